The minimum absolute atomic E-state index is 0.0344. The largest absolute Gasteiger partial charge is 0.481 e. The zero-order valence-corrected chi connectivity index (χ0v) is 11.5. The summed E-state index contributed by atoms with van der Waals surface area (Å²) in [7, 11) is 1.60. The molecule has 0 N–H and O–H groups in total. The molecule has 19 heavy (non-hydrogen) atoms. The van der Waals surface area contributed by atoms with Crippen LogP contribution in [-0.4, -0.2) is 37.8 Å². The number of carbonyl (C=O) groups is 1. The van der Waals surface area contributed by atoms with E-state index < -0.39 is 0 Å². The highest BCUT2D eigenvalue weighted by Gasteiger charge is 2.27. The fourth-order valence-electron chi connectivity index (χ4n) is 2.37. The lowest BCUT2D eigenvalue weighted by atomic mass is 9.98. The first-order valence-corrected chi connectivity index (χ1v) is 6.66. The van der Waals surface area contributed by atoms with Crippen molar-refractivity contribution in [3.05, 3.63) is 18.3 Å². The number of rotatable bonds is 4. The van der Waals surface area contributed by atoms with E-state index in [2.05, 4.69) is 9.88 Å². The van der Waals surface area contributed by atoms with E-state index in [1.54, 1.807) is 13.3 Å². The Morgan fingerprint density at radius 2 is 2.42 bits per heavy atom. The van der Waals surface area contributed by atoms with Gasteiger partial charge in [0.1, 0.15) is 0 Å². The topological polar surface area (TPSA) is 51.7 Å². The molecule has 1 aliphatic heterocycles. The number of hydrogen-bond acceptors (Lipinski definition) is 5. The molecule has 0 saturated carbocycles. The van der Waals surface area contributed by atoms with Crippen molar-refractivity contribution in [3.63, 3.8) is 0 Å². The fraction of sp³-hybridized carbons (Fsp3) is 0.571. The summed E-state index contributed by atoms with van der Waals surface area (Å²) >= 11 is 0. The van der Waals surface area contributed by atoms with Crippen LogP contribution in [-0.2, 0) is 9.53 Å². The number of aromatic nitrogens is 1. The zero-order chi connectivity index (χ0) is 13.7. The van der Waals surface area contributed by atoms with Crippen LogP contribution in [0.15, 0.2) is 18.3 Å². The van der Waals surface area contributed by atoms with E-state index in [0.29, 0.717) is 19.0 Å². The highest BCUT2D eigenvalue weighted by molar-refractivity contribution is 5.73. The summed E-state index contributed by atoms with van der Waals surface area (Å²) in [5.74, 6) is 0.469. The second-order valence-corrected chi connectivity index (χ2v) is 4.59. The van der Waals surface area contributed by atoms with Gasteiger partial charge in [-0.25, -0.2) is 4.98 Å². The van der Waals surface area contributed by atoms with Gasteiger partial charge in [0.25, 0.3) is 0 Å². The minimum atomic E-state index is -0.0896. The second-order valence-electron chi connectivity index (χ2n) is 4.59. The SMILES string of the molecule is CCOC(=O)C1CCCN(c2ccnc(OC)c2)C1. The number of hydrogen-bond donors (Lipinski definition) is 0. The highest BCUT2D eigenvalue weighted by atomic mass is 16.5. The monoisotopic (exact) mass is 264 g/mol. The van der Waals surface area contributed by atoms with Gasteiger partial charge in [-0.15, -0.1) is 0 Å². The van der Waals surface area contributed by atoms with Gasteiger partial charge >= 0.3 is 5.97 Å². The molecule has 2 heterocycles. The number of ether oxygens (including phenoxy) is 2. The molecule has 1 saturated heterocycles. The van der Waals surface area contributed by atoms with Crippen molar-refractivity contribution in [2.75, 3.05) is 31.7 Å². The third-order valence-corrected chi connectivity index (χ3v) is 3.33. The maximum Gasteiger partial charge on any atom is 0.310 e. The number of piperidine rings is 1. The van der Waals surface area contributed by atoms with Crippen LogP contribution >= 0.6 is 0 Å². The van der Waals surface area contributed by atoms with Crippen molar-refractivity contribution in [3.8, 4) is 5.88 Å². The summed E-state index contributed by atoms with van der Waals surface area (Å²) in [6, 6.07) is 3.84. The van der Waals surface area contributed by atoms with Gasteiger partial charge < -0.3 is 14.4 Å². The van der Waals surface area contributed by atoms with E-state index in [0.717, 1.165) is 25.1 Å². The number of pyridine rings is 1. The van der Waals surface area contributed by atoms with E-state index in [4.69, 9.17) is 9.47 Å². The van der Waals surface area contributed by atoms with Crippen LogP contribution in [0.2, 0.25) is 0 Å². The standard InChI is InChI=1S/C14H20N2O3/c1-3-19-14(17)11-5-4-8-16(10-11)12-6-7-15-13(9-12)18-2/h6-7,9,11H,3-5,8,10H2,1-2H3. The molecule has 5 heteroatoms. The minimum Gasteiger partial charge on any atom is -0.481 e. The summed E-state index contributed by atoms with van der Waals surface area (Å²) in [4.78, 5) is 18.1. The molecule has 0 spiro atoms. The van der Waals surface area contributed by atoms with Gasteiger partial charge in [-0.1, -0.05) is 0 Å². The molecule has 0 radical (unpaired) electrons. The van der Waals surface area contributed by atoms with Crippen LogP contribution < -0.4 is 9.64 Å². The predicted molar refractivity (Wildman–Crippen MR) is 72.4 cm³/mol. The van der Waals surface area contributed by atoms with Crippen LogP contribution in [0.3, 0.4) is 0 Å². The summed E-state index contributed by atoms with van der Waals surface area (Å²) in [6.45, 7) is 3.93. The summed E-state index contributed by atoms with van der Waals surface area (Å²) in [5, 5.41) is 0. The number of carbonyl (C=O) groups excluding carboxylic acids is 1. The van der Waals surface area contributed by atoms with Crippen molar-refractivity contribution in [1.82, 2.24) is 4.98 Å². The van der Waals surface area contributed by atoms with Gasteiger partial charge in [0.15, 0.2) is 0 Å². The first-order chi connectivity index (χ1) is 9.24. The smallest absolute Gasteiger partial charge is 0.310 e. The fourth-order valence-corrected chi connectivity index (χ4v) is 2.37. The molecule has 2 rings (SSSR count). The van der Waals surface area contributed by atoms with Gasteiger partial charge in [-0.3, -0.25) is 4.79 Å². The second kappa shape index (κ2) is 6.41. The van der Waals surface area contributed by atoms with Crippen molar-refractivity contribution in [1.29, 1.82) is 0 Å². The van der Waals surface area contributed by atoms with Gasteiger partial charge in [0, 0.05) is 31.0 Å². The van der Waals surface area contributed by atoms with E-state index in [9.17, 15) is 4.79 Å². The van der Waals surface area contributed by atoms with Crippen molar-refractivity contribution in [2.24, 2.45) is 5.92 Å². The van der Waals surface area contributed by atoms with Crippen LogP contribution in [0.5, 0.6) is 5.88 Å². The lowest BCUT2D eigenvalue weighted by Gasteiger charge is -2.33. The molecule has 0 bridgehead atoms. The molecule has 1 fully saturated rings. The third kappa shape index (κ3) is 3.36. The number of methoxy groups -OCH3 is 1. The predicted octanol–water partition coefficient (Wildman–Crippen LogP) is 1.87. The Balaban J connectivity index is 2.05. The Labute approximate surface area is 113 Å². The van der Waals surface area contributed by atoms with Crippen molar-refractivity contribution >= 4 is 11.7 Å². The molecule has 5 nitrogen and oxygen atoms in total. The zero-order valence-electron chi connectivity index (χ0n) is 11.5. The summed E-state index contributed by atoms with van der Waals surface area (Å²) in [6.07, 6.45) is 3.62. The summed E-state index contributed by atoms with van der Waals surface area (Å²) in [5.41, 5.74) is 1.04. The van der Waals surface area contributed by atoms with Crippen LogP contribution in [0.25, 0.3) is 0 Å². The van der Waals surface area contributed by atoms with Gasteiger partial charge in [0.05, 0.1) is 19.6 Å². The maximum absolute atomic E-state index is 11.8. The van der Waals surface area contributed by atoms with E-state index in [1.165, 1.54) is 0 Å². The van der Waals surface area contributed by atoms with Gasteiger partial charge in [0.2, 0.25) is 5.88 Å². The first-order valence-electron chi connectivity index (χ1n) is 6.66. The molecule has 1 aromatic rings. The van der Waals surface area contributed by atoms with Crippen LogP contribution in [0.4, 0.5) is 5.69 Å². The average Bonchev–Trinajstić information content (AvgIpc) is 2.48. The molecule has 0 aromatic carbocycles. The Bertz CT molecular complexity index is 436. The van der Waals surface area contributed by atoms with Crippen molar-refractivity contribution < 1.29 is 14.3 Å². The Kier molecular flexibility index (Phi) is 4.60. The molecular weight excluding hydrogens is 244 g/mol. The summed E-state index contributed by atoms with van der Waals surface area (Å²) < 4.78 is 10.2. The molecule has 104 valence electrons. The Hall–Kier alpha value is -1.78. The van der Waals surface area contributed by atoms with E-state index in [-0.39, 0.29) is 11.9 Å². The average molecular weight is 264 g/mol. The Morgan fingerprint density at radius 3 is 3.16 bits per heavy atom. The third-order valence-electron chi connectivity index (χ3n) is 3.33. The van der Waals surface area contributed by atoms with Crippen LogP contribution in [0, 0.1) is 5.92 Å². The van der Waals surface area contributed by atoms with E-state index in [1.807, 2.05) is 19.1 Å². The molecule has 1 aliphatic rings. The van der Waals surface area contributed by atoms with Gasteiger partial charge in [-0.2, -0.15) is 0 Å². The molecule has 0 amide bonds. The molecule has 1 unspecified atom stereocenters. The molecule has 1 aromatic heterocycles. The number of esters is 1. The lowest BCUT2D eigenvalue weighted by molar-refractivity contribution is -0.148. The normalized spacial score (nSPS) is 19.1. The first kappa shape index (κ1) is 13.6. The van der Waals surface area contributed by atoms with Crippen LogP contribution in [0.1, 0.15) is 19.8 Å². The van der Waals surface area contributed by atoms with E-state index >= 15 is 0 Å². The molecule has 0 aliphatic carbocycles. The Morgan fingerprint density at radius 1 is 1.58 bits per heavy atom. The quantitative estimate of drug-likeness (QED) is 0.777. The lowest BCUT2D eigenvalue weighted by Crippen LogP contribution is -2.39. The number of nitrogens with zero attached hydrogens (tertiary/aromatic N) is 2. The van der Waals surface area contributed by atoms with Gasteiger partial charge in [-0.05, 0) is 25.8 Å². The molecule has 1 atom stereocenters. The van der Waals surface area contributed by atoms with Crippen molar-refractivity contribution in [2.45, 2.75) is 19.8 Å². The molecular formula is C14H20N2O3. The number of anilines is 1. The highest BCUT2D eigenvalue weighted by Crippen LogP contribution is 2.25. The maximum atomic E-state index is 11.8.